The van der Waals surface area contributed by atoms with E-state index in [2.05, 4.69) is 6.92 Å². The maximum Gasteiger partial charge on any atom is 1.00 e. The van der Waals surface area contributed by atoms with Gasteiger partial charge < -0.3 is 4.55 Å². The molecule has 0 unspecified atom stereocenters. The molecule has 23 heavy (non-hydrogen) atoms. The molecule has 0 saturated carbocycles. The number of aryl methyl sites for hydroxylation is 1. The Morgan fingerprint density at radius 1 is 0.826 bits per heavy atom. The molecule has 0 atom stereocenters. The third-order valence-electron chi connectivity index (χ3n) is 4.04. The van der Waals surface area contributed by atoms with Crippen LogP contribution in [-0.4, -0.2) is 13.0 Å². The third-order valence-corrected chi connectivity index (χ3v) is 4.98. The minimum Gasteiger partial charge on any atom is -0.744 e. The second kappa shape index (κ2) is 14.0. The number of rotatable bonds is 12. The molecule has 0 spiro atoms. The molecule has 0 aliphatic heterocycles. The van der Waals surface area contributed by atoms with Crippen LogP contribution in [0.25, 0.3) is 0 Å². The quantitative estimate of drug-likeness (QED) is 0.324. The number of hydrogen-bond acceptors (Lipinski definition) is 3. The van der Waals surface area contributed by atoms with Crippen LogP contribution in [0.3, 0.4) is 0 Å². The predicted molar refractivity (Wildman–Crippen MR) is 90.0 cm³/mol. The normalized spacial score (nSPS) is 11.2. The van der Waals surface area contributed by atoms with Gasteiger partial charge in [0.1, 0.15) is 10.1 Å². The summed E-state index contributed by atoms with van der Waals surface area (Å²) in [6.45, 7) is 2.23. The Kier molecular flexibility index (Phi) is 14.5. The summed E-state index contributed by atoms with van der Waals surface area (Å²) in [4.78, 5) is -0.0501. The first kappa shape index (κ1) is 23.8. The molecular formula is C18H29KO3S. The van der Waals surface area contributed by atoms with Crippen molar-refractivity contribution in [1.29, 1.82) is 0 Å². The number of benzene rings is 1. The zero-order valence-corrected chi connectivity index (χ0v) is 18.7. The first-order valence-corrected chi connectivity index (χ1v) is 10.0. The third kappa shape index (κ3) is 11.1. The van der Waals surface area contributed by atoms with Crippen LogP contribution >= 0.6 is 0 Å². The van der Waals surface area contributed by atoms with Crippen molar-refractivity contribution in [2.24, 2.45) is 0 Å². The van der Waals surface area contributed by atoms with E-state index in [0.717, 1.165) is 12.8 Å². The van der Waals surface area contributed by atoms with E-state index in [9.17, 15) is 13.0 Å². The van der Waals surface area contributed by atoms with Gasteiger partial charge in [0.05, 0.1) is 4.90 Å². The van der Waals surface area contributed by atoms with Gasteiger partial charge in [-0.1, -0.05) is 82.9 Å². The Morgan fingerprint density at radius 3 is 1.83 bits per heavy atom. The number of unbranched alkanes of at least 4 members (excludes halogenated alkanes) is 9. The van der Waals surface area contributed by atoms with E-state index in [4.69, 9.17) is 0 Å². The Balaban J connectivity index is 0.00000484. The van der Waals surface area contributed by atoms with Gasteiger partial charge in [-0.2, -0.15) is 0 Å². The predicted octanol–water partition coefficient (Wildman–Crippen LogP) is 2.06. The molecule has 0 bridgehead atoms. The van der Waals surface area contributed by atoms with Crippen molar-refractivity contribution in [3.8, 4) is 0 Å². The molecule has 0 radical (unpaired) electrons. The van der Waals surface area contributed by atoms with E-state index in [1.165, 1.54) is 57.4 Å². The summed E-state index contributed by atoms with van der Waals surface area (Å²) in [5.41, 5.74) is 0.664. The minimum atomic E-state index is -4.35. The molecule has 0 amide bonds. The molecule has 0 aliphatic carbocycles. The second-order valence-electron chi connectivity index (χ2n) is 5.99. The van der Waals surface area contributed by atoms with Gasteiger partial charge in [0.15, 0.2) is 0 Å². The molecular weight excluding hydrogens is 335 g/mol. The van der Waals surface area contributed by atoms with E-state index in [1.807, 2.05) is 0 Å². The molecule has 126 valence electrons. The Morgan fingerprint density at radius 2 is 1.30 bits per heavy atom. The van der Waals surface area contributed by atoms with Crippen molar-refractivity contribution in [1.82, 2.24) is 0 Å². The summed E-state index contributed by atoms with van der Waals surface area (Å²) >= 11 is 0. The summed E-state index contributed by atoms with van der Waals surface area (Å²) in [5.74, 6) is 0. The van der Waals surface area contributed by atoms with Crippen LogP contribution < -0.4 is 51.4 Å². The van der Waals surface area contributed by atoms with Gasteiger partial charge >= 0.3 is 51.4 Å². The van der Waals surface area contributed by atoms with Gasteiger partial charge in [-0.05, 0) is 24.5 Å². The van der Waals surface area contributed by atoms with Gasteiger partial charge in [-0.3, -0.25) is 0 Å². The fraction of sp³-hybridized carbons (Fsp3) is 0.667. The van der Waals surface area contributed by atoms with Crippen LogP contribution in [0.5, 0.6) is 0 Å². The fourth-order valence-electron chi connectivity index (χ4n) is 2.76. The van der Waals surface area contributed by atoms with E-state index in [-0.39, 0.29) is 56.3 Å². The summed E-state index contributed by atoms with van der Waals surface area (Å²) in [7, 11) is -4.35. The van der Waals surface area contributed by atoms with Gasteiger partial charge in [0.2, 0.25) is 0 Å². The molecule has 3 nitrogen and oxygen atoms in total. The minimum absolute atomic E-state index is 0. The molecule has 0 heterocycles. The Bertz CT molecular complexity index is 515. The standard InChI is InChI=1S/C18H30O3S.K/c1-2-3-4-5-6-7-8-9-10-11-14-17-15-12-13-16-18(17)22(19,20)21;/h12-13,15-16H,2-11,14H2,1H3,(H,19,20,21);/q;+1/p-1. The van der Waals surface area contributed by atoms with Crippen molar-refractivity contribution in [2.75, 3.05) is 0 Å². The van der Waals surface area contributed by atoms with Gasteiger partial charge in [0.25, 0.3) is 0 Å². The molecule has 0 aromatic heterocycles. The van der Waals surface area contributed by atoms with Gasteiger partial charge in [0, 0.05) is 0 Å². The first-order valence-electron chi connectivity index (χ1n) is 8.59. The molecule has 1 rings (SSSR count). The van der Waals surface area contributed by atoms with Crippen molar-refractivity contribution in [3.63, 3.8) is 0 Å². The number of hydrogen-bond donors (Lipinski definition) is 0. The van der Waals surface area contributed by atoms with Gasteiger partial charge in [-0.15, -0.1) is 0 Å². The zero-order valence-electron chi connectivity index (χ0n) is 14.7. The van der Waals surface area contributed by atoms with Crippen LogP contribution in [0.2, 0.25) is 0 Å². The van der Waals surface area contributed by atoms with E-state index in [0.29, 0.717) is 12.0 Å². The topological polar surface area (TPSA) is 57.2 Å². The van der Waals surface area contributed by atoms with Crippen molar-refractivity contribution in [2.45, 2.75) is 82.4 Å². The van der Waals surface area contributed by atoms with Gasteiger partial charge in [-0.25, -0.2) is 8.42 Å². The first-order chi connectivity index (χ1) is 10.6. The summed E-state index contributed by atoms with van der Waals surface area (Å²) in [6, 6.07) is 6.56. The average molecular weight is 365 g/mol. The monoisotopic (exact) mass is 364 g/mol. The zero-order chi connectivity index (χ0) is 16.3. The van der Waals surface area contributed by atoms with E-state index >= 15 is 0 Å². The molecule has 0 saturated heterocycles. The van der Waals surface area contributed by atoms with Crippen LogP contribution in [-0.2, 0) is 16.5 Å². The van der Waals surface area contributed by atoms with Crippen LogP contribution in [0.15, 0.2) is 29.2 Å². The molecule has 5 heteroatoms. The summed E-state index contributed by atoms with van der Waals surface area (Å²) < 4.78 is 33.5. The SMILES string of the molecule is CCCCCCCCCCCCc1ccccc1S(=O)(=O)[O-].[K+]. The van der Waals surface area contributed by atoms with Crippen LogP contribution in [0.1, 0.15) is 76.7 Å². The van der Waals surface area contributed by atoms with Crippen molar-refractivity contribution in [3.05, 3.63) is 29.8 Å². The Labute approximate surface area is 184 Å². The largest absolute Gasteiger partial charge is 1.00 e. The molecule has 0 fully saturated rings. The van der Waals surface area contributed by atoms with E-state index < -0.39 is 10.1 Å². The van der Waals surface area contributed by atoms with Crippen LogP contribution in [0.4, 0.5) is 0 Å². The van der Waals surface area contributed by atoms with E-state index in [1.54, 1.807) is 18.2 Å². The molecule has 0 aliphatic rings. The summed E-state index contributed by atoms with van der Waals surface area (Å²) in [5, 5.41) is 0. The summed E-state index contributed by atoms with van der Waals surface area (Å²) in [6.07, 6.45) is 13.2. The van der Waals surface area contributed by atoms with Crippen LogP contribution in [0, 0.1) is 0 Å². The molecule has 1 aromatic carbocycles. The second-order valence-corrected chi connectivity index (χ2v) is 7.34. The Hall–Kier alpha value is 0.766. The van der Waals surface area contributed by atoms with Crippen molar-refractivity contribution >= 4 is 10.1 Å². The molecule has 1 aromatic rings. The smallest absolute Gasteiger partial charge is 0.744 e. The maximum absolute atomic E-state index is 11.2. The van der Waals surface area contributed by atoms with Crippen molar-refractivity contribution < 1.29 is 64.4 Å². The average Bonchev–Trinajstić information content (AvgIpc) is 2.48. The maximum atomic E-state index is 11.2. The molecule has 0 N–H and O–H groups in total. The fourth-order valence-corrected chi connectivity index (χ4v) is 3.49.